The molecule has 0 aromatic heterocycles. The minimum atomic E-state index is -0.878. The zero-order valence-corrected chi connectivity index (χ0v) is 15.6. The Balaban J connectivity index is 1.66. The van der Waals surface area contributed by atoms with Crippen LogP contribution in [0.3, 0.4) is 0 Å². The SMILES string of the molecule is O=C(c1ccccc1)N1CCC[C@](CC2OCCO2)(c2ccc(F)c(F)c2)C1. The van der Waals surface area contributed by atoms with Crippen LogP contribution < -0.4 is 0 Å². The minimum absolute atomic E-state index is 0.0551. The summed E-state index contributed by atoms with van der Waals surface area (Å²) in [6.07, 6.45) is 1.61. The van der Waals surface area contributed by atoms with Crippen LogP contribution >= 0.6 is 0 Å². The molecule has 0 spiro atoms. The second-order valence-electron chi connectivity index (χ2n) is 7.48. The number of halogens is 2. The van der Waals surface area contributed by atoms with Gasteiger partial charge in [0.2, 0.25) is 0 Å². The second-order valence-corrected chi connectivity index (χ2v) is 7.48. The zero-order valence-electron chi connectivity index (χ0n) is 15.6. The molecule has 4 nitrogen and oxygen atoms in total. The van der Waals surface area contributed by atoms with Crippen molar-refractivity contribution in [3.8, 4) is 0 Å². The summed E-state index contributed by atoms with van der Waals surface area (Å²) in [6.45, 7) is 2.08. The molecule has 1 atom stereocenters. The van der Waals surface area contributed by atoms with Gasteiger partial charge in [-0.1, -0.05) is 24.3 Å². The monoisotopic (exact) mass is 387 g/mol. The first-order valence-corrected chi connectivity index (χ1v) is 9.60. The molecule has 6 heteroatoms. The Labute approximate surface area is 163 Å². The Hall–Kier alpha value is -2.31. The van der Waals surface area contributed by atoms with E-state index in [1.54, 1.807) is 23.1 Å². The summed E-state index contributed by atoms with van der Waals surface area (Å²) in [5, 5.41) is 0. The van der Waals surface area contributed by atoms with Crippen LogP contribution in [0.1, 0.15) is 35.2 Å². The van der Waals surface area contributed by atoms with Crippen LogP contribution in [-0.4, -0.2) is 43.4 Å². The number of nitrogens with zero attached hydrogens (tertiary/aromatic N) is 1. The highest BCUT2D eigenvalue weighted by molar-refractivity contribution is 5.94. The number of carbonyl (C=O) groups excluding carboxylic acids is 1. The Morgan fingerprint density at radius 2 is 1.82 bits per heavy atom. The van der Waals surface area contributed by atoms with Gasteiger partial charge in [-0.2, -0.15) is 0 Å². The molecule has 2 saturated heterocycles. The number of likely N-dealkylation sites (tertiary alicyclic amines) is 1. The van der Waals surface area contributed by atoms with E-state index < -0.39 is 23.3 Å². The van der Waals surface area contributed by atoms with Crippen molar-refractivity contribution in [2.75, 3.05) is 26.3 Å². The Kier molecular flexibility index (Phi) is 5.42. The normalized spacial score (nSPS) is 23.1. The highest BCUT2D eigenvalue weighted by Crippen LogP contribution is 2.40. The van der Waals surface area contributed by atoms with E-state index in [9.17, 15) is 13.6 Å². The van der Waals surface area contributed by atoms with E-state index >= 15 is 0 Å². The molecule has 1 amide bonds. The molecule has 0 bridgehead atoms. The molecule has 0 aliphatic carbocycles. The van der Waals surface area contributed by atoms with Crippen molar-refractivity contribution in [1.29, 1.82) is 0 Å². The van der Waals surface area contributed by atoms with Crippen molar-refractivity contribution in [1.82, 2.24) is 4.90 Å². The summed E-state index contributed by atoms with van der Waals surface area (Å²) in [5.74, 6) is -1.81. The smallest absolute Gasteiger partial charge is 0.253 e. The second kappa shape index (κ2) is 7.97. The summed E-state index contributed by atoms with van der Waals surface area (Å²) in [5.41, 5.74) is 0.750. The van der Waals surface area contributed by atoms with Crippen molar-refractivity contribution in [2.24, 2.45) is 0 Å². The third kappa shape index (κ3) is 3.80. The molecule has 2 aromatic carbocycles. The molecule has 0 saturated carbocycles. The summed E-state index contributed by atoms with van der Waals surface area (Å²) >= 11 is 0. The molecule has 0 unspecified atom stereocenters. The van der Waals surface area contributed by atoms with E-state index in [1.807, 2.05) is 18.2 Å². The lowest BCUT2D eigenvalue weighted by Crippen LogP contribution is -2.50. The number of hydrogen-bond donors (Lipinski definition) is 0. The van der Waals surface area contributed by atoms with Gasteiger partial charge in [0, 0.05) is 30.5 Å². The van der Waals surface area contributed by atoms with Crippen molar-refractivity contribution >= 4 is 5.91 Å². The van der Waals surface area contributed by atoms with Crippen molar-refractivity contribution in [3.63, 3.8) is 0 Å². The van der Waals surface area contributed by atoms with Gasteiger partial charge in [0.15, 0.2) is 17.9 Å². The molecular weight excluding hydrogens is 364 g/mol. The molecular formula is C22H23F2NO3. The van der Waals surface area contributed by atoms with E-state index in [-0.39, 0.29) is 5.91 Å². The molecule has 0 N–H and O–H groups in total. The number of carbonyl (C=O) groups is 1. The lowest BCUT2D eigenvalue weighted by atomic mass is 9.71. The maximum atomic E-state index is 14.0. The number of ether oxygens (including phenoxy) is 2. The molecule has 2 fully saturated rings. The molecule has 0 radical (unpaired) electrons. The lowest BCUT2D eigenvalue weighted by Gasteiger charge is -2.44. The van der Waals surface area contributed by atoms with E-state index in [1.165, 1.54) is 6.07 Å². The van der Waals surface area contributed by atoms with Crippen LogP contribution in [0.25, 0.3) is 0 Å². The number of hydrogen-bond acceptors (Lipinski definition) is 3. The first-order valence-electron chi connectivity index (χ1n) is 9.60. The lowest BCUT2D eigenvalue weighted by molar-refractivity contribution is -0.0683. The molecule has 2 aliphatic rings. The first kappa shape index (κ1) is 19.0. The van der Waals surface area contributed by atoms with Gasteiger partial charge < -0.3 is 14.4 Å². The number of rotatable bonds is 4. The van der Waals surface area contributed by atoms with Crippen LogP contribution in [0, 0.1) is 11.6 Å². The van der Waals surface area contributed by atoms with Gasteiger partial charge in [0.25, 0.3) is 5.91 Å². The van der Waals surface area contributed by atoms with Crippen LogP contribution in [-0.2, 0) is 14.9 Å². The van der Waals surface area contributed by atoms with Crippen LogP contribution in [0.4, 0.5) is 8.78 Å². The summed E-state index contributed by atoms with van der Waals surface area (Å²) < 4.78 is 38.8. The molecule has 148 valence electrons. The summed E-state index contributed by atoms with van der Waals surface area (Å²) in [7, 11) is 0. The molecule has 2 heterocycles. The van der Waals surface area contributed by atoms with Gasteiger partial charge in [0.1, 0.15) is 0 Å². The minimum Gasteiger partial charge on any atom is -0.350 e. The zero-order chi connectivity index (χ0) is 19.6. The predicted molar refractivity (Wildman–Crippen MR) is 99.9 cm³/mol. The third-order valence-corrected chi connectivity index (χ3v) is 5.67. The average molecular weight is 387 g/mol. The molecule has 4 rings (SSSR count). The van der Waals surface area contributed by atoms with E-state index in [0.29, 0.717) is 43.9 Å². The largest absolute Gasteiger partial charge is 0.350 e. The molecule has 2 aliphatic heterocycles. The van der Waals surface area contributed by atoms with Crippen LogP contribution in [0.2, 0.25) is 0 Å². The standard InChI is InChI=1S/C22H23F2NO3/c23-18-8-7-17(13-19(18)24)22(14-20-27-11-12-28-20)9-4-10-25(15-22)21(26)16-5-2-1-3-6-16/h1-3,5-8,13,20H,4,9-12,14-15H2/t22-/m1/s1. The van der Waals surface area contributed by atoms with Gasteiger partial charge in [-0.05, 0) is 42.7 Å². The van der Waals surface area contributed by atoms with Gasteiger partial charge in [0.05, 0.1) is 13.2 Å². The number of benzene rings is 2. The van der Waals surface area contributed by atoms with Gasteiger partial charge >= 0.3 is 0 Å². The van der Waals surface area contributed by atoms with Crippen molar-refractivity contribution in [3.05, 3.63) is 71.3 Å². The first-order chi connectivity index (χ1) is 13.6. The molecule has 28 heavy (non-hydrogen) atoms. The molecule has 2 aromatic rings. The van der Waals surface area contributed by atoms with E-state index in [2.05, 4.69) is 0 Å². The van der Waals surface area contributed by atoms with Crippen LogP contribution in [0.5, 0.6) is 0 Å². The fraction of sp³-hybridized carbons (Fsp3) is 0.409. The quantitative estimate of drug-likeness (QED) is 0.799. The van der Waals surface area contributed by atoms with Crippen LogP contribution in [0.15, 0.2) is 48.5 Å². The summed E-state index contributed by atoms with van der Waals surface area (Å²) in [4.78, 5) is 14.8. The summed E-state index contributed by atoms with van der Waals surface area (Å²) in [6, 6.07) is 13.1. The Morgan fingerprint density at radius 3 is 2.54 bits per heavy atom. The van der Waals surface area contributed by atoms with E-state index in [4.69, 9.17) is 9.47 Å². The number of piperidine rings is 1. The maximum absolute atomic E-state index is 14.0. The van der Waals surface area contributed by atoms with Gasteiger partial charge in [-0.3, -0.25) is 4.79 Å². The van der Waals surface area contributed by atoms with E-state index in [0.717, 1.165) is 18.9 Å². The fourth-order valence-corrected chi connectivity index (χ4v) is 4.26. The highest BCUT2D eigenvalue weighted by atomic mass is 19.2. The van der Waals surface area contributed by atoms with Crippen molar-refractivity contribution in [2.45, 2.75) is 31.0 Å². The Morgan fingerprint density at radius 1 is 1.07 bits per heavy atom. The fourth-order valence-electron chi connectivity index (χ4n) is 4.26. The average Bonchev–Trinajstić information content (AvgIpc) is 3.23. The highest BCUT2D eigenvalue weighted by Gasteiger charge is 2.42. The third-order valence-electron chi connectivity index (χ3n) is 5.67. The van der Waals surface area contributed by atoms with Gasteiger partial charge in [-0.25, -0.2) is 8.78 Å². The number of amides is 1. The van der Waals surface area contributed by atoms with Gasteiger partial charge in [-0.15, -0.1) is 0 Å². The Bertz CT molecular complexity index is 839. The van der Waals surface area contributed by atoms with Crippen molar-refractivity contribution < 1.29 is 23.0 Å². The predicted octanol–water partition coefficient (Wildman–Crippen LogP) is 3.90. The topological polar surface area (TPSA) is 38.8 Å². The maximum Gasteiger partial charge on any atom is 0.253 e.